The molecule has 5 heteroatoms. The Bertz CT molecular complexity index is 335. The van der Waals surface area contributed by atoms with E-state index in [1.54, 1.807) is 20.8 Å². The van der Waals surface area contributed by atoms with Crippen molar-refractivity contribution in [3.8, 4) is 0 Å². The van der Waals surface area contributed by atoms with E-state index in [9.17, 15) is 13.6 Å². The van der Waals surface area contributed by atoms with Crippen LogP contribution >= 0.6 is 0 Å². The lowest BCUT2D eigenvalue weighted by atomic mass is 9.37. The van der Waals surface area contributed by atoms with Gasteiger partial charge in [-0.1, -0.05) is 0 Å². The Morgan fingerprint density at radius 3 is 2.00 bits per heavy atom. The summed E-state index contributed by atoms with van der Waals surface area (Å²) in [5.74, 6) is -2.65. The van der Waals surface area contributed by atoms with Crippen molar-refractivity contribution in [3.63, 3.8) is 0 Å². The largest absolute Gasteiger partial charge is 0.444 e. The van der Waals surface area contributed by atoms with Gasteiger partial charge < -0.3 is 10.1 Å². The number of alkyl carbamates (subject to hydrolysis) is 1. The Morgan fingerprint density at radius 2 is 1.65 bits per heavy atom. The molecule has 3 aliphatic rings. The number of alkyl halides is 2. The maximum atomic E-state index is 13.2. The van der Waals surface area contributed by atoms with Gasteiger partial charge in [0.2, 0.25) is 0 Å². The van der Waals surface area contributed by atoms with E-state index in [1.165, 1.54) is 0 Å². The van der Waals surface area contributed by atoms with Gasteiger partial charge >= 0.3 is 6.09 Å². The van der Waals surface area contributed by atoms with Crippen molar-refractivity contribution in [1.82, 2.24) is 5.32 Å². The van der Waals surface area contributed by atoms with Gasteiger partial charge in [0.1, 0.15) is 5.60 Å². The van der Waals surface area contributed by atoms with Crippen molar-refractivity contribution in [1.29, 1.82) is 0 Å². The number of carbonyl (C=O) groups is 1. The van der Waals surface area contributed by atoms with E-state index >= 15 is 0 Å². The van der Waals surface area contributed by atoms with Crippen molar-refractivity contribution in [2.75, 3.05) is 0 Å². The molecule has 0 aliphatic heterocycles. The van der Waals surface area contributed by atoms with Crippen LogP contribution in [0.2, 0.25) is 0 Å². The van der Waals surface area contributed by atoms with Crippen LogP contribution in [0.1, 0.15) is 47.0 Å². The van der Waals surface area contributed by atoms with Crippen LogP contribution < -0.4 is 5.32 Å². The van der Waals surface area contributed by atoms with Crippen LogP contribution in [0.4, 0.5) is 13.6 Å². The highest BCUT2D eigenvalue weighted by Gasteiger charge is 2.76. The molecule has 0 spiro atoms. The van der Waals surface area contributed by atoms with Crippen LogP contribution in [-0.2, 0) is 4.74 Å². The molecule has 3 saturated carbocycles. The average Bonchev–Trinajstić information content (AvgIpc) is 1.86. The van der Waals surface area contributed by atoms with Crippen molar-refractivity contribution >= 4 is 6.09 Å². The molecule has 3 aliphatic carbocycles. The third-order valence-electron chi connectivity index (χ3n) is 3.73. The van der Waals surface area contributed by atoms with Gasteiger partial charge in [0.05, 0.1) is 0 Å². The summed E-state index contributed by atoms with van der Waals surface area (Å²) < 4.78 is 31.6. The van der Waals surface area contributed by atoms with Gasteiger partial charge in [0.25, 0.3) is 5.92 Å². The van der Waals surface area contributed by atoms with Gasteiger partial charge in [-0.2, -0.15) is 0 Å². The highest BCUT2D eigenvalue weighted by molar-refractivity contribution is 5.70. The van der Waals surface area contributed by atoms with E-state index in [-0.39, 0.29) is 0 Å². The van der Waals surface area contributed by atoms with Gasteiger partial charge in [-0.05, 0) is 47.0 Å². The minimum absolute atomic E-state index is 0.364. The predicted octanol–water partition coefficient (Wildman–Crippen LogP) is 3.09. The van der Waals surface area contributed by atoms with Crippen molar-refractivity contribution in [3.05, 3.63) is 0 Å². The molecule has 3 nitrogen and oxygen atoms in total. The number of hydrogen-bond acceptors (Lipinski definition) is 2. The molecule has 0 aromatic carbocycles. The summed E-state index contributed by atoms with van der Waals surface area (Å²) in [6.45, 7) is 6.28. The Hall–Kier alpha value is -0.870. The molecule has 17 heavy (non-hydrogen) atoms. The predicted molar refractivity (Wildman–Crippen MR) is 59.0 cm³/mol. The molecule has 3 fully saturated rings. The fourth-order valence-electron chi connectivity index (χ4n) is 2.91. The lowest BCUT2D eigenvalue weighted by molar-refractivity contribution is -0.274. The number of carbonyl (C=O) groups excluding carboxylic acids is 1. The second-order valence-electron chi connectivity index (χ2n) is 6.61. The highest BCUT2D eigenvalue weighted by atomic mass is 19.3. The van der Waals surface area contributed by atoms with Gasteiger partial charge in [-0.25, -0.2) is 13.6 Å². The lowest BCUT2D eigenvalue weighted by Crippen LogP contribution is -2.79. The second kappa shape index (κ2) is 3.12. The van der Waals surface area contributed by atoms with Crippen LogP contribution in [-0.4, -0.2) is 23.2 Å². The number of rotatable bonds is 2. The van der Waals surface area contributed by atoms with Crippen LogP contribution in [0.25, 0.3) is 0 Å². The van der Waals surface area contributed by atoms with E-state index in [2.05, 4.69) is 5.32 Å². The SMILES string of the molecule is CC(C)(C)OC(=O)NC12CC(C(C)(F)F)(C1)C2. The van der Waals surface area contributed by atoms with Crippen molar-refractivity contribution < 1.29 is 18.3 Å². The second-order valence-corrected chi connectivity index (χ2v) is 6.61. The monoisotopic (exact) mass is 247 g/mol. The zero-order valence-electron chi connectivity index (χ0n) is 10.7. The molecule has 3 rings (SSSR count). The van der Waals surface area contributed by atoms with Crippen LogP contribution in [0.5, 0.6) is 0 Å². The average molecular weight is 247 g/mol. The van der Waals surface area contributed by atoms with Crippen molar-refractivity contribution in [2.24, 2.45) is 5.41 Å². The summed E-state index contributed by atoms with van der Waals surface area (Å²) in [7, 11) is 0. The molecule has 1 amide bonds. The van der Waals surface area contributed by atoms with Gasteiger partial charge in [-0.3, -0.25) is 0 Å². The van der Waals surface area contributed by atoms with Gasteiger partial charge in [-0.15, -0.1) is 0 Å². The Labute approximate surface area is 99.9 Å². The van der Waals surface area contributed by atoms with E-state index in [0.29, 0.717) is 19.3 Å². The summed E-state index contributed by atoms with van der Waals surface area (Å²) in [4.78, 5) is 11.5. The van der Waals surface area contributed by atoms with Gasteiger partial charge in [0.15, 0.2) is 0 Å². The fraction of sp³-hybridized carbons (Fsp3) is 0.917. The van der Waals surface area contributed by atoms with E-state index in [0.717, 1.165) is 6.92 Å². The van der Waals surface area contributed by atoms with Gasteiger partial charge in [0, 0.05) is 11.0 Å². The molecule has 0 aromatic heterocycles. The Morgan fingerprint density at radius 1 is 1.18 bits per heavy atom. The molecule has 1 N–H and O–H groups in total. The first kappa shape index (κ1) is 12.6. The lowest BCUT2D eigenvalue weighted by Gasteiger charge is -2.71. The molecule has 0 heterocycles. The zero-order chi connectivity index (χ0) is 13.1. The maximum absolute atomic E-state index is 13.2. The summed E-state index contributed by atoms with van der Waals surface area (Å²) in [6.07, 6.45) is 0.582. The first-order chi connectivity index (χ1) is 7.47. The molecule has 0 radical (unpaired) electrons. The Balaban J connectivity index is 1.85. The standard InChI is InChI=1S/C12H19F2NO2/c1-9(2,3)17-8(16)15-12-5-11(6-12,7-12)10(4,13)14/h5-7H2,1-4H3,(H,15,16). The van der Waals surface area contributed by atoms with E-state index < -0.39 is 28.6 Å². The fourth-order valence-corrected chi connectivity index (χ4v) is 2.91. The summed E-state index contributed by atoms with van der Waals surface area (Å²) in [5.41, 5.74) is -1.86. The first-order valence-electron chi connectivity index (χ1n) is 5.86. The number of nitrogens with one attached hydrogen (secondary N) is 1. The maximum Gasteiger partial charge on any atom is 0.408 e. The molecule has 0 atom stereocenters. The van der Waals surface area contributed by atoms with Crippen LogP contribution in [0, 0.1) is 5.41 Å². The topological polar surface area (TPSA) is 38.3 Å². The normalized spacial score (nSPS) is 35.6. The minimum atomic E-state index is -2.65. The summed E-state index contributed by atoms with van der Waals surface area (Å²) in [6, 6.07) is 0. The van der Waals surface area contributed by atoms with Crippen LogP contribution in [0.15, 0.2) is 0 Å². The Kier molecular flexibility index (Phi) is 2.31. The third-order valence-corrected chi connectivity index (χ3v) is 3.73. The highest BCUT2D eigenvalue weighted by Crippen LogP contribution is 2.72. The third kappa shape index (κ3) is 2.00. The minimum Gasteiger partial charge on any atom is -0.444 e. The summed E-state index contributed by atoms with van der Waals surface area (Å²) >= 11 is 0. The molecular weight excluding hydrogens is 228 g/mol. The molecule has 0 unspecified atom stereocenters. The van der Waals surface area contributed by atoms with E-state index in [4.69, 9.17) is 4.74 Å². The number of halogens is 2. The number of amides is 1. The number of ether oxygens (including phenoxy) is 1. The van der Waals surface area contributed by atoms with Crippen molar-refractivity contribution in [2.45, 2.75) is 64.0 Å². The van der Waals surface area contributed by atoms with E-state index in [1.807, 2.05) is 0 Å². The quantitative estimate of drug-likeness (QED) is 0.814. The molecule has 2 bridgehead atoms. The summed E-state index contributed by atoms with van der Waals surface area (Å²) in [5, 5.41) is 2.72. The first-order valence-corrected chi connectivity index (χ1v) is 5.86. The molecular formula is C12H19F2NO2. The smallest absolute Gasteiger partial charge is 0.408 e. The van der Waals surface area contributed by atoms with Crippen LogP contribution in [0.3, 0.4) is 0 Å². The molecule has 98 valence electrons. The molecule has 0 aromatic rings. The number of hydrogen-bond donors (Lipinski definition) is 1. The zero-order valence-corrected chi connectivity index (χ0v) is 10.7. The molecule has 0 saturated heterocycles.